The Morgan fingerprint density at radius 1 is 0.900 bits per heavy atom. The van der Waals surface area contributed by atoms with Gasteiger partial charge in [-0.3, -0.25) is 9.59 Å². The van der Waals surface area contributed by atoms with Gasteiger partial charge in [0.25, 0.3) is 0 Å². The van der Waals surface area contributed by atoms with Crippen molar-refractivity contribution in [3.63, 3.8) is 0 Å². The van der Waals surface area contributed by atoms with Gasteiger partial charge in [-0.2, -0.15) is 0 Å². The van der Waals surface area contributed by atoms with Crippen molar-refractivity contribution in [2.75, 3.05) is 0 Å². The Balaban J connectivity index is -0.000000139. The average Bonchev–Trinajstić information content (AvgIpc) is 2.25. The normalized spacial score (nSPS) is 6.20. The minimum Gasteiger partial charge on any atom is -0.724 e. The number of hydrogen-bond donors (Lipinski definition) is 0. The van der Waals surface area contributed by atoms with Gasteiger partial charge in [-0.1, -0.05) is 0 Å². The SMILES string of the molecule is O=C=Nn1c(=O)[n-]c(=O)[n-]c1=O.[N-]=C=O.[N-]=C=O.[Y].[Y]. The number of isocyanates is 3. The van der Waals surface area contributed by atoms with Crippen molar-refractivity contribution in [1.29, 1.82) is 0 Å². The molecule has 0 aliphatic carbocycles. The van der Waals surface area contributed by atoms with Gasteiger partial charge in [0, 0.05) is 65.4 Å². The Hall–Kier alpha value is -1.24. The summed E-state index contributed by atoms with van der Waals surface area (Å²) in [6.07, 6.45) is 1.94. The van der Waals surface area contributed by atoms with Crippen LogP contribution in [-0.4, -0.2) is 22.9 Å². The molecule has 1 heterocycles. The molecule has 0 saturated heterocycles. The third-order valence-electron chi connectivity index (χ3n) is 0.886. The Morgan fingerprint density at radius 3 is 1.45 bits per heavy atom. The van der Waals surface area contributed by atoms with Crippen LogP contribution in [0.4, 0.5) is 0 Å². The minimum absolute atomic E-state index is 0. The molecule has 0 N–H and O–H groups in total. The molecule has 0 bridgehead atoms. The van der Waals surface area contributed by atoms with Gasteiger partial charge < -0.3 is 39.8 Å². The summed E-state index contributed by atoms with van der Waals surface area (Å²) in [4.78, 5) is 63.0. The van der Waals surface area contributed by atoms with E-state index in [2.05, 4.69) is 15.1 Å². The van der Waals surface area contributed by atoms with Gasteiger partial charge in [0.2, 0.25) is 6.08 Å². The fraction of sp³-hybridized carbons (Fsp3) is 0. The third-order valence-corrected chi connectivity index (χ3v) is 0.886. The average molecular weight is 430 g/mol. The van der Waals surface area contributed by atoms with Crippen molar-refractivity contribution in [2.45, 2.75) is 0 Å². The molecule has 0 aliphatic heterocycles. The van der Waals surface area contributed by atoms with Crippen LogP contribution in [0.5, 0.6) is 0 Å². The van der Waals surface area contributed by atoms with E-state index in [-0.39, 0.29) is 70.1 Å². The number of carbonyl (C=O) groups excluding carboxylic acids is 3. The van der Waals surface area contributed by atoms with Gasteiger partial charge in [-0.05, 0) is 12.2 Å². The Labute approximate surface area is 158 Å². The molecule has 0 aliphatic rings. The maximum atomic E-state index is 10.6. The van der Waals surface area contributed by atoms with E-state index in [0.717, 1.165) is 6.08 Å². The predicted octanol–water partition coefficient (Wildman–Crippen LogP) is -3.64. The third kappa shape index (κ3) is 13.2. The van der Waals surface area contributed by atoms with Gasteiger partial charge in [-0.25, -0.2) is 9.90 Å². The van der Waals surface area contributed by atoms with Crippen molar-refractivity contribution in [3.05, 3.63) is 42.3 Å². The van der Waals surface area contributed by atoms with Crippen LogP contribution in [-0.2, 0) is 79.8 Å². The molecule has 0 amide bonds. The minimum atomic E-state index is -1.25. The monoisotopic (exact) mass is 430 g/mol. The molecule has 2 radical (unpaired) electrons. The number of nitrogens with zero attached hydrogens (tertiary/aromatic N) is 6. The van der Waals surface area contributed by atoms with Crippen molar-refractivity contribution < 1.29 is 79.8 Å². The first-order valence-corrected chi connectivity index (χ1v) is 3.44. The molecular formula is C6N6O6Y2-4. The van der Waals surface area contributed by atoms with E-state index in [1.54, 1.807) is 0 Å². The van der Waals surface area contributed by atoms with E-state index >= 15 is 0 Å². The molecule has 0 aromatic carbocycles. The zero-order valence-corrected chi connectivity index (χ0v) is 15.0. The zero-order chi connectivity index (χ0) is 14.6. The number of hydrogen-bond acceptors (Lipinski definition) is 7. The van der Waals surface area contributed by atoms with Crippen LogP contribution in [0.2, 0.25) is 0 Å². The van der Waals surface area contributed by atoms with Gasteiger partial charge in [0.1, 0.15) is 17.1 Å². The molecular weight excluding hydrogens is 430 g/mol. The standard InChI is InChI=1S/C4H2N4O4.2CNO.2Y/c9-1-5-8-3(11)6-2(10)7-4(8)12;2*2-1-3;;/h(H2,6,7,10,11,12);;;;/q;2*-1;;/p-2. The quantitative estimate of drug-likeness (QED) is 0.322. The second-order valence-electron chi connectivity index (χ2n) is 1.76. The van der Waals surface area contributed by atoms with Crippen molar-refractivity contribution in [3.8, 4) is 0 Å². The number of aromatic nitrogens is 3. The summed E-state index contributed by atoms with van der Waals surface area (Å²) in [5, 5.41) is 16.2. The molecule has 0 spiro atoms. The van der Waals surface area contributed by atoms with E-state index < -0.39 is 17.1 Å². The van der Waals surface area contributed by atoms with Crippen molar-refractivity contribution in [1.82, 2.24) is 14.6 Å². The number of rotatable bonds is 1. The largest absolute Gasteiger partial charge is 0.724 e. The second kappa shape index (κ2) is 17.8. The van der Waals surface area contributed by atoms with Crippen molar-refractivity contribution >= 4 is 18.2 Å². The first-order chi connectivity index (χ1) is 8.48. The Morgan fingerprint density at radius 2 is 1.20 bits per heavy atom. The van der Waals surface area contributed by atoms with Crippen LogP contribution in [0, 0.1) is 0 Å². The summed E-state index contributed by atoms with van der Waals surface area (Å²) < 4.78 is 0.0361. The van der Waals surface area contributed by atoms with E-state index in [1.165, 1.54) is 0 Å². The van der Waals surface area contributed by atoms with Gasteiger partial charge in [0.05, 0.1) is 0 Å². The molecule has 1 aromatic rings. The molecule has 1 aromatic heterocycles. The summed E-state index contributed by atoms with van der Waals surface area (Å²) in [5.74, 6) is 0. The first kappa shape index (κ1) is 27.2. The summed E-state index contributed by atoms with van der Waals surface area (Å²) >= 11 is 0. The predicted molar refractivity (Wildman–Crippen MR) is 51.5 cm³/mol. The fourth-order valence-electron chi connectivity index (χ4n) is 0.492. The van der Waals surface area contributed by atoms with E-state index in [4.69, 9.17) is 20.4 Å². The maximum absolute atomic E-state index is 10.6. The first-order valence-electron chi connectivity index (χ1n) is 3.44. The van der Waals surface area contributed by atoms with Crippen molar-refractivity contribution in [2.24, 2.45) is 5.10 Å². The van der Waals surface area contributed by atoms with E-state index in [1.807, 2.05) is 0 Å². The molecule has 12 nitrogen and oxygen atoms in total. The van der Waals surface area contributed by atoms with Crippen LogP contribution in [0.15, 0.2) is 19.5 Å². The fourth-order valence-corrected chi connectivity index (χ4v) is 0.492. The van der Waals surface area contributed by atoms with Crippen LogP contribution in [0.3, 0.4) is 0 Å². The molecule has 0 saturated carbocycles. The maximum Gasteiger partial charge on any atom is 0.233 e. The molecule has 0 fully saturated rings. The molecule has 14 heteroatoms. The van der Waals surface area contributed by atoms with E-state index in [0.29, 0.717) is 12.2 Å². The molecule has 0 atom stereocenters. The molecule has 1 rings (SSSR count). The van der Waals surface area contributed by atoms with E-state index in [9.17, 15) is 19.2 Å². The van der Waals surface area contributed by atoms with Gasteiger partial charge in [-0.15, -0.1) is 0 Å². The molecule has 20 heavy (non-hydrogen) atoms. The summed E-state index contributed by atoms with van der Waals surface area (Å²) in [6.45, 7) is 0. The van der Waals surface area contributed by atoms with Crippen LogP contribution >= 0.6 is 0 Å². The summed E-state index contributed by atoms with van der Waals surface area (Å²) in [7, 11) is 0. The molecule has 0 unspecified atom stereocenters. The molecule has 100 valence electrons. The van der Waals surface area contributed by atoms with Crippen LogP contribution in [0.25, 0.3) is 10.8 Å². The summed E-state index contributed by atoms with van der Waals surface area (Å²) in [6, 6.07) is 0. The van der Waals surface area contributed by atoms with Crippen LogP contribution < -0.4 is 27.0 Å². The Bertz CT molecular complexity index is 624. The summed E-state index contributed by atoms with van der Waals surface area (Å²) in [5.41, 5.74) is -3.70. The smallest absolute Gasteiger partial charge is 0.233 e. The van der Waals surface area contributed by atoms with Crippen LogP contribution in [0.1, 0.15) is 0 Å². The van der Waals surface area contributed by atoms with Gasteiger partial charge in [0.15, 0.2) is 0 Å². The second-order valence-corrected chi connectivity index (χ2v) is 1.76. The van der Waals surface area contributed by atoms with Gasteiger partial charge >= 0.3 is 0 Å². The Kier molecular flexibility index (Phi) is 24.1. The zero-order valence-electron chi connectivity index (χ0n) is 9.29. The topological polar surface area (TPSA) is 193 Å².